The molecule has 1 aromatic carbocycles. The van der Waals surface area contributed by atoms with Crippen molar-refractivity contribution in [2.45, 2.75) is 65.0 Å². The van der Waals surface area contributed by atoms with E-state index in [2.05, 4.69) is 55.3 Å². The summed E-state index contributed by atoms with van der Waals surface area (Å²) >= 11 is 0. The molecule has 21 heavy (non-hydrogen) atoms. The Morgan fingerprint density at radius 1 is 1.24 bits per heavy atom. The minimum absolute atomic E-state index is 0.449. The Morgan fingerprint density at radius 2 is 2.00 bits per heavy atom. The average Bonchev–Trinajstić information content (AvgIpc) is 2.98. The van der Waals surface area contributed by atoms with Crippen molar-refractivity contribution in [2.24, 2.45) is 0 Å². The van der Waals surface area contributed by atoms with Crippen LogP contribution in [0.5, 0.6) is 0 Å². The maximum Gasteiger partial charge on any atom is 0.0292 e. The molecule has 0 radical (unpaired) electrons. The van der Waals surface area contributed by atoms with Crippen molar-refractivity contribution in [1.82, 2.24) is 10.2 Å². The molecule has 1 aliphatic heterocycles. The summed E-state index contributed by atoms with van der Waals surface area (Å²) in [5.74, 6) is 0. The Labute approximate surface area is 130 Å². The van der Waals surface area contributed by atoms with Crippen LogP contribution in [-0.2, 0) is 6.42 Å². The summed E-state index contributed by atoms with van der Waals surface area (Å²) < 4.78 is 0. The van der Waals surface area contributed by atoms with Crippen LogP contribution in [0.15, 0.2) is 24.3 Å². The van der Waals surface area contributed by atoms with Crippen LogP contribution >= 0.6 is 0 Å². The summed E-state index contributed by atoms with van der Waals surface area (Å²) in [4.78, 5) is 2.60. The van der Waals surface area contributed by atoms with Gasteiger partial charge in [-0.25, -0.2) is 0 Å². The minimum atomic E-state index is 0.449. The number of rotatable bonds is 8. The predicted octanol–water partition coefficient (Wildman–Crippen LogP) is 4.16. The van der Waals surface area contributed by atoms with Gasteiger partial charge in [0, 0.05) is 18.6 Å². The van der Waals surface area contributed by atoms with Gasteiger partial charge in [-0.3, -0.25) is 4.90 Å². The molecular formula is C19H32N2. The summed E-state index contributed by atoms with van der Waals surface area (Å²) in [6.45, 7) is 10.4. The fraction of sp³-hybridized carbons (Fsp3) is 0.684. The number of aryl methyl sites for hydroxylation is 1. The van der Waals surface area contributed by atoms with Gasteiger partial charge in [0.2, 0.25) is 0 Å². The van der Waals surface area contributed by atoms with Gasteiger partial charge in [-0.05, 0) is 56.8 Å². The van der Waals surface area contributed by atoms with E-state index in [9.17, 15) is 0 Å². The second-order valence-corrected chi connectivity index (χ2v) is 6.40. The zero-order chi connectivity index (χ0) is 15.1. The van der Waals surface area contributed by atoms with Crippen molar-refractivity contribution in [3.63, 3.8) is 0 Å². The van der Waals surface area contributed by atoms with Gasteiger partial charge in [0.1, 0.15) is 0 Å². The molecule has 2 atom stereocenters. The van der Waals surface area contributed by atoms with E-state index in [1.807, 2.05) is 0 Å². The zero-order valence-electron chi connectivity index (χ0n) is 14.1. The van der Waals surface area contributed by atoms with E-state index in [0.717, 1.165) is 12.6 Å². The number of unbranched alkanes of at least 4 members (excludes halogenated alkanes) is 1. The molecule has 1 fully saturated rings. The molecule has 0 aromatic heterocycles. The van der Waals surface area contributed by atoms with Gasteiger partial charge in [0.15, 0.2) is 0 Å². The molecule has 2 rings (SSSR count). The molecule has 1 saturated heterocycles. The van der Waals surface area contributed by atoms with Crippen LogP contribution < -0.4 is 5.32 Å². The van der Waals surface area contributed by atoms with E-state index >= 15 is 0 Å². The molecule has 0 spiro atoms. The summed E-state index contributed by atoms with van der Waals surface area (Å²) in [5, 5.41) is 3.73. The molecule has 2 unspecified atom stereocenters. The normalized spacial score (nSPS) is 20.8. The van der Waals surface area contributed by atoms with Crippen molar-refractivity contribution in [3.05, 3.63) is 35.4 Å². The second-order valence-electron chi connectivity index (χ2n) is 6.40. The van der Waals surface area contributed by atoms with Crippen molar-refractivity contribution < 1.29 is 0 Å². The van der Waals surface area contributed by atoms with Gasteiger partial charge in [-0.15, -0.1) is 0 Å². The van der Waals surface area contributed by atoms with Crippen LogP contribution in [0.1, 0.15) is 63.6 Å². The number of likely N-dealkylation sites (tertiary alicyclic amines) is 1. The van der Waals surface area contributed by atoms with Crippen molar-refractivity contribution >= 4 is 0 Å². The van der Waals surface area contributed by atoms with Gasteiger partial charge < -0.3 is 5.32 Å². The smallest absolute Gasteiger partial charge is 0.0292 e. The van der Waals surface area contributed by atoms with Gasteiger partial charge in [-0.1, -0.05) is 44.5 Å². The summed E-state index contributed by atoms with van der Waals surface area (Å²) in [7, 11) is 0. The minimum Gasteiger partial charge on any atom is -0.309 e. The molecule has 0 saturated carbocycles. The average molecular weight is 288 g/mol. The topological polar surface area (TPSA) is 15.3 Å². The summed E-state index contributed by atoms with van der Waals surface area (Å²) in [5.41, 5.74) is 2.89. The van der Waals surface area contributed by atoms with E-state index in [1.54, 1.807) is 0 Å². The van der Waals surface area contributed by atoms with Gasteiger partial charge >= 0.3 is 0 Å². The predicted molar refractivity (Wildman–Crippen MR) is 91.7 cm³/mol. The van der Waals surface area contributed by atoms with Crippen LogP contribution in [-0.4, -0.2) is 30.6 Å². The highest BCUT2D eigenvalue weighted by Gasteiger charge is 2.22. The van der Waals surface area contributed by atoms with E-state index < -0.39 is 0 Å². The number of likely N-dealkylation sites (N-methyl/N-ethyl adjacent to an activating group) is 1. The molecule has 1 aliphatic rings. The molecule has 0 amide bonds. The molecule has 0 bridgehead atoms. The van der Waals surface area contributed by atoms with Gasteiger partial charge in [-0.2, -0.15) is 0 Å². The van der Waals surface area contributed by atoms with E-state index in [0.29, 0.717) is 6.04 Å². The molecule has 1 N–H and O–H groups in total. The van der Waals surface area contributed by atoms with Crippen LogP contribution in [0, 0.1) is 0 Å². The van der Waals surface area contributed by atoms with Crippen molar-refractivity contribution in [2.75, 3.05) is 19.6 Å². The van der Waals surface area contributed by atoms with E-state index in [1.165, 1.54) is 56.3 Å². The lowest BCUT2D eigenvalue weighted by Crippen LogP contribution is -2.38. The first-order chi connectivity index (χ1) is 10.2. The molecule has 2 nitrogen and oxygen atoms in total. The third kappa shape index (κ3) is 4.82. The highest BCUT2D eigenvalue weighted by Crippen LogP contribution is 2.18. The number of nitrogens with one attached hydrogen (secondary N) is 1. The molecule has 1 heterocycles. The third-order valence-electron chi connectivity index (χ3n) is 4.86. The van der Waals surface area contributed by atoms with Crippen LogP contribution in [0.25, 0.3) is 0 Å². The fourth-order valence-electron chi connectivity index (χ4n) is 3.33. The number of nitrogens with zero attached hydrogens (tertiary/aromatic N) is 1. The fourth-order valence-corrected chi connectivity index (χ4v) is 3.33. The number of hydrogen-bond donors (Lipinski definition) is 1. The molecule has 118 valence electrons. The first kappa shape index (κ1) is 16.5. The highest BCUT2D eigenvalue weighted by atomic mass is 15.2. The Morgan fingerprint density at radius 3 is 2.67 bits per heavy atom. The Kier molecular flexibility index (Phi) is 6.72. The largest absolute Gasteiger partial charge is 0.309 e. The standard InChI is InChI=1S/C19H32N2/c1-4-6-8-17-10-12-18(13-11-17)16(3)20-15-19-9-7-14-21(19)5-2/h10-13,16,19-20H,4-9,14-15H2,1-3H3. The van der Waals surface area contributed by atoms with E-state index in [4.69, 9.17) is 0 Å². The SMILES string of the molecule is CCCCc1ccc(C(C)NCC2CCCN2CC)cc1. The second kappa shape index (κ2) is 8.55. The molecule has 0 aliphatic carbocycles. The number of hydrogen-bond acceptors (Lipinski definition) is 2. The Hall–Kier alpha value is -0.860. The molecular weight excluding hydrogens is 256 g/mol. The van der Waals surface area contributed by atoms with Gasteiger partial charge in [0.25, 0.3) is 0 Å². The zero-order valence-corrected chi connectivity index (χ0v) is 14.1. The lowest BCUT2D eigenvalue weighted by Gasteiger charge is -2.25. The Bertz CT molecular complexity index is 399. The molecule has 1 aromatic rings. The quantitative estimate of drug-likeness (QED) is 0.772. The highest BCUT2D eigenvalue weighted by molar-refractivity contribution is 5.24. The van der Waals surface area contributed by atoms with Gasteiger partial charge in [0.05, 0.1) is 0 Å². The van der Waals surface area contributed by atoms with Crippen LogP contribution in [0.4, 0.5) is 0 Å². The van der Waals surface area contributed by atoms with E-state index in [-0.39, 0.29) is 0 Å². The first-order valence-corrected chi connectivity index (χ1v) is 8.80. The lowest BCUT2D eigenvalue weighted by molar-refractivity contribution is 0.255. The maximum atomic E-state index is 3.73. The lowest BCUT2D eigenvalue weighted by atomic mass is 10.0. The Balaban J connectivity index is 1.81. The van der Waals surface area contributed by atoms with Crippen molar-refractivity contribution in [3.8, 4) is 0 Å². The van der Waals surface area contributed by atoms with Crippen LogP contribution in [0.2, 0.25) is 0 Å². The molecule has 2 heteroatoms. The first-order valence-electron chi connectivity index (χ1n) is 8.80. The summed E-state index contributed by atoms with van der Waals surface area (Å²) in [6, 6.07) is 10.4. The monoisotopic (exact) mass is 288 g/mol. The number of benzene rings is 1. The third-order valence-corrected chi connectivity index (χ3v) is 4.86. The van der Waals surface area contributed by atoms with Crippen LogP contribution in [0.3, 0.4) is 0 Å². The summed E-state index contributed by atoms with van der Waals surface area (Å²) in [6.07, 6.45) is 6.49. The maximum absolute atomic E-state index is 3.73. The van der Waals surface area contributed by atoms with Crippen molar-refractivity contribution in [1.29, 1.82) is 0 Å².